The highest BCUT2D eigenvalue weighted by molar-refractivity contribution is 5.84. The molecular formula is C22H16FN. The van der Waals surface area contributed by atoms with Crippen LogP contribution in [0.4, 0.5) is 4.39 Å². The van der Waals surface area contributed by atoms with E-state index in [2.05, 4.69) is 24.3 Å². The van der Waals surface area contributed by atoms with Crippen molar-refractivity contribution >= 4 is 10.9 Å². The topological polar surface area (TPSA) is 12.9 Å². The smallest absolute Gasteiger partial charge is 0.137 e. The van der Waals surface area contributed by atoms with Gasteiger partial charge in [-0.2, -0.15) is 0 Å². The highest BCUT2D eigenvalue weighted by Gasteiger charge is 2.13. The zero-order valence-electron chi connectivity index (χ0n) is 13.3. The zero-order valence-corrected chi connectivity index (χ0v) is 13.3. The van der Waals surface area contributed by atoms with Crippen LogP contribution in [0.15, 0.2) is 78.9 Å². The van der Waals surface area contributed by atoms with E-state index in [1.54, 1.807) is 13.0 Å². The van der Waals surface area contributed by atoms with Crippen molar-refractivity contribution in [3.8, 4) is 22.4 Å². The van der Waals surface area contributed by atoms with Crippen molar-refractivity contribution in [2.75, 3.05) is 0 Å². The lowest BCUT2D eigenvalue weighted by Gasteiger charge is -2.11. The van der Waals surface area contributed by atoms with Crippen LogP contribution in [-0.4, -0.2) is 4.98 Å². The first kappa shape index (κ1) is 14.6. The maximum absolute atomic E-state index is 14.7. The molecule has 0 N–H and O–H groups in total. The van der Waals surface area contributed by atoms with Crippen LogP contribution >= 0.6 is 0 Å². The van der Waals surface area contributed by atoms with E-state index in [-0.39, 0.29) is 5.82 Å². The lowest BCUT2D eigenvalue weighted by atomic mass is 9.99. The van der Waals surface area contributed by atoms with Gasteiger partial charge in [-0.25, -0.2) is 9.37 Å². The Labute approximate surface area is 140 Å². The number of rotatable bonds is 2. The molecule has 0 unspecified atom stereocenters. The second-order valence-corrected chi connectivity index (χ2v) is 5.86. The van der Waals surface area contributed by atoms with Gasteiger partial charge in [0.15, 0.2) is 0 Å². The predicted octanol–water partition coefficient (Wildman–Crippen LogP) is 6.02. The second kappa shape index (κ2) is 5.89. The number of hydrogen-bond acceptors (Lipinski definition) is 1. The van der Waals surface area contributed by atoms with Crippen LogP contribution in [-0.2, 0) is 0 Å². The summed E-state index contributed by atoms with van der Waals surface area (Å²) in [6, 6.07) is 25.6. The molecule has 0 fully saturated rings. The molecule has 0 bridgehead atoms. The third-order valence-corrected chi connectivity index (χ3v) is 4.30. The van der Waals surface area contributed by atoms with Gasteiger partial charge in [0.1, 0.15) is 5.82 Å². The third-order valence-electron chi connectivity index (χ3n) is 4.30. The fourth-order valence-corrected chi connectivity index (χ4v) is 3.02. The molecule has 0 amide bonds. The summed E-state index contributed by atoms with van der Waals surface area (Å²) in [5.41, 5.74) is 5.13. The Bertz CT molecular complexity index is 1020. The Morgan fingerprint density at radius 1 is 0.708 bits per heavy atom. The van der Waals surface area contributed by atoms with E-state index < -0.39 is 0 Å². The fraction of sp³-hybridized carbons (Fsp3) is 0.0455. The van der Waals surface area contributed by atoms with Gasteiger partial charge in [0.25, 0.3) is 0 Å². The Morgan fingerprint density at radius 3 is 2.21 bits per heavy atom. The van der Waals surface area contributed by atoms with E-state index >= 15 is 0 Å². The molecule has 116 valence electrons. The van der Waals surface area contributed by atoms with E-state index in [1.165, 1.54) is 0 Å². The average molecular weight is 313 g/mol. The molecule has 2 heteroatoms. The maximum atomic E-state index is 14.7. The molecule has 0 aliphatic heterocycles. The molecule has 1 heterocycles. The van der Waals surface area contributed by atoms with Crippen LogP contribution in [0.1, 0.15) is 5.56 Å². The Morgan fingerprint density at radius 2 is 1.38 bits per heavy atom. The minimum absolute atomic E-state index is 0.194. The Balaban J connectivity index is 1.91. The largest absolute Gasteiger partial charge is 0.247 e. The molecule has 0 saturated heterocycles. The van der Waals surface area contributed by atoms with Gasteiger partial charge in [-0.3, -0.25) is 0 Å². The molecule has 0 spiro atoms. The van der Waals surface area contributed by atoms with Gasteiger partial charge in [0.05, 0.1) is 11.2 Å². The summed E-state index contributed by atoms with van der Waals surface area (Å²) in [5.74, 6) is -0.194. The van der Waals surface area contributed by atoms with Crippen molar-refractivity contribution in [3.63, 3.8) is 0 Å². The SMILES string of the molecule is Cc1c(-c2cccc(-c3ccccc3)c2)nc2ccccc2c1F. The summed E-state index contributed by atoms with van der Waals surface area (Å²) in [6.45, 7) is 1.79. The number of aromatic nitrogens is 1. The number of fused-ring (bicyclic) bond motifs is 1. The van der Waals surface area contributed by atoms with Gasteiger partial charge in [-0.15, -0.1) is 0 Å². The molecule has 0 saturated carbocycles. The van der Waals surface area contributed by atoms with Gasteiger partial charge < -0.3 is 0 Å². The summed E-state index contributed by atoms with van der Waals surface area (Å²) >= 11 is 0. The molecule has 0 radical (unpaired) electrons. The van der Waals surface area contributed by atoms with Crippen LogP contribution < -0.4 is 0 Å². The Kier molecular flexibility index (Phi) is 3.58. The first-order chi connectivity index (χ1) is 11.7. The lowest BCUT2D eigenvalue weighted by molar-refractivity contribution is 0.630. The van der Waals surface area contributed by atoms with Crippen molar-refractivity contribution in [1.29, 1.82) is 0 Å². The van der Waals surface area contributed by atoms with Crippen LogP contribution in [0.25, 0.3) is 33.3 Å². The van der Waals surface area contributed by atoms with Crippen molar-refractivity contribution < 1.29 is 4.39 Å². The fourth-order valence-electron chi connectivity index (χ4n) is 3.02. The van der Waals surface area contributed by atoms with E-state index in [4.69, 9.17) is 4.98 Å². The van der Waals surface area contributed by atoms with Gasteiger partial charge in [-0.1, -0.05) is 60.7 Å². The molecule has 4 rings (SSSR count). The first-order valence-corrected chi connectivity index (χ1v) is 7.95. The molecule has 3 aromatic carbocycles. The van der Waals surface area contributed by atoms with Gasteiger partial charge in [0, 0.05) is 16.5 Å². The minimum atomic E-state index is -0.194. The standard InChI is InChI=1S/C22H16FN/c1-15-21(23)19-12-5-6-13-20(19)24-22(15)18-11-7-10-17(14-18)16-8-3-2-4-9-16/h2-14H,1H3. The van der Waals surface area contributed by atoms with Crippen molar-refractivity contribution in [1.82, 2.24) is 4.98 Å². The van der Waals surface area contributed by atoms with E-state index in [1.807, 2.05) is 48.5 Å². The van der Waals surface area contributed by atoms with Crippen LogP contribution in [0.5, 0.6) is 0 Å². The number of hydrogen-bond donors (Lipinski definition) is 0. The van der Waals surface area contributed by atoms with Gasteiger partial charge in [-0.05, 0) is 36.2 Å². The van der Waals surface area contributed by atoms with Crippen LogP contribution in [0.3, 0.4) is 0 Å². The van der Waals surface area contributed by atoms with Gasteiger partial charge >= 0.3 is 0 Å². The second-order valence-electron chi connectivity index (χ2n) is 5.86. The first-order valence-electron chi connectivity index (χ1n) is 7.95. The minimum Gasteiger partial charge on any atom is -0.247 e. The highest BCUT2D eigenvalue weighted by Crippen LogP contribution is 2.31. The van der Waals surface area contributed by atoms with Crippen molar-refractivity contribution in [2.45, 2.75) is 6.92 Å². The van der Waals surface area contributed by atoms with Crippen LogP contribution in [0, 0.1) is 12.7 Å². The number of para-hydroxylation sites is 1. The molecule has 4 aromatic rings. The number of nitrogens with zero attached hydrogens (tertiary/aromatic N) is 1. The third kappa shape index (κ3) is 2.46. The summed E-state index contributed by atoms with van der Waals surface area (Å²) in [4.78, 5) is 4.70. The number of pyridine rings is 1. The monoisotopic (exact) mass is 313 g/mol. The summed E-state index contributed by atoms with van der Waals surface area (Å²) in [6.07, 6.45) is 0. The van der Waals surface area contributed by atoms with Crippen molar-refractivity contribution in [2.24, 2.45) is 0 Å². The highest BCUT2D eigenvalue weighted by atomic mass is 19.1. The van der Waals surface area contributed by atoms with E-state index in [0.717, 1.165) is 16.7 Å². The van der Waals surface area contributed by atoms with Crippen LogP contribution in [0.2, 0.25) is 0 Å². The quantitative estimate of drug-likeness (QED) is 0.441. The molecular weight excluding hydrogens is 297 g/mol. The average Bonchev–Trinajstić information content (AvgIpc) is 2.65. The molecule has 0 atom stereocenters. The van der Waals surface area contributed by atoms with E-state index in [9.17, 15) is 4.39 Å². The number of benzene rings is 3. The predicted molar refractivity (Wildman–Crippen MR) is 97.3 cm³/mol. The molecule has 0 aliphatic rings. The van der Waals surface area contributed by atoms with E-state index in [0.29, 0.717) is 22.2 Å². The molecule has 24 heavy (non-hydrogen) atoms. The van der Waals surface area contributed by atoms with Gasteiger partial charge in [0.2, 0.25) is 0 Å². The normalized spacial score (nSPS) is 10.9. The number of halogens is 1. The zero-order chi connectivity index (χ0) is 16.5. The summed E-state index contributed by atoms with van der Waals surface area (Å²) in [5, 5.41) is 0.568. The molecule has 1 nitrogen and oxygen atoms in total. The Hall–Kier alpha value is -3.00. The maximum Gasteiger partial charge on any atom is 0.137 e. The summed E-state index contributed by atoms with van der Waals surface area (Å²) < 4.78 is 14.7. The molecule has 1 aromatic heterocycles. The summed E-state index contributed by atoms with van der Waals surface area (Å²) in [7, 11) is 0. The lowest BCUT2D eigenvalue weighted by Crippen LogP contribution is -1.95. The van der Waals surface area contributed by atoms with Crippen molar-refractivity contribution in [3.05, 3.63) is 90.2 Å². The molecule has 0 aliphatic carbocycles.